The lowest BCUT2D eigenvalue weighted by molar-refractivity contribution is -0.145. The summed E-state index contributed by atoms with van der Waals surface area (Å²) in [5.41, 5.74) is 2.68. The maximum Gasteiger partial charge on any atom is 0.324 e. The summed E-state index contributed by atoms with van der Waals surface area (Å²) in [7, 11) is 0. The van der Waals surface area contributed by atoms with E-state index in [-0.39, 0.29) is 11.2 Å². The van der Waals surface area contributed by atoms with Gasteiger partial charge >= 0.3 is 5.97 Å². The predicted molar refractivity (Wildman–Crippen MR) is 73.2 cm³/mol. The number of rotatable bonds is 4. The van der Waals surface area contributed by atoms with Crippen molar-refractivity contribution in [1.29, 1.82) is 0 Å². The second-order valence-corrected chi connectivity index (χ2v) is 6.15. The van der Waals surface area contributed by atoms with E-state index < -0.39 is 4.75 Å². The molecule has 0 saturated carbocycles. The molecule has 0 N–H and O–H groups in total. The number of hydrogen-bond acceptors (Lipinski definition) is 4. The molecule has 1 aliphatic carbocycles. The van der Waals surface area contributed by atoms with Crippen LogP contribution in [0.1, 0.15) is 27.2 Å². The zero-order chi connectivity index (χ0) is 12.3. The van der Waals surface area contributed by atoms with E-state index in [1.807, 2.05) is 13.2 Å². The molecule has 92 valence electrons. The van der Waals surface area contributed by atoms with Crippen LogP contribution in [0.5, 0.6) is 0 Å². The molecule has 0 heterocycles. The molecule has 0 aromatic rings. The maximum atomic E-state index is 12.2. The third kappa shape index (κ3) is 2.14. The van der Waals surface area contributed by atoms with Crippen molar-refractivity contribution in [2.75, 3.05) is 19.1 Å². The van der Waals surface area contributed by atoms with Gasteiger partial charge in [-0.25, -0.2) is 0 Å². The van der Waals surface area contributed by atoms with Gasteiger partial charge in [0.25, 0.3) is 0 Å². The van der Waals surface area contributed by atoms with Crippen LogP contribution in [-0.2, 0) is 9.53 Å². The third-order valence-electron chi connectivity index (χ3n) is 3.24. The van der Waals surface area contributed by atoms with Gasteiger partial charge in [0, 0.05) is 0 Å². The van der Waals surface area contributed by atoms with Gasteiger partial charge in [0.2, 0.25) is 0 Å². The molecule has 0 aromatic heterocycles. The molecular weight excluding hydrogens is 240 g/mol. The zero-order valence-corrected chi connectivity index (χ0v) is 12.3. The summed E-state index contributed by atoms with van der Waals surface area (Å²) in [4.78, 5) is 12.2. The van der Waals surface area contributed by atoms with Gasteiger partial charge in [0.05, 0.1) is 11.9 Å². The monoisotopic (exact) mass is 260 g/mol. The Kier molecular flexibility index (Phi) is 4.80. The minimum atomic E-state index is -0.399. The highest BCUT2D eigenvalue weighted by molar-refractivity contribution is 8.04. The van der Waals surface area contributed by atoms with E-state index in [1.54, 1.807) is 23.5 Å². The predicted octanol–water partition coefficient (Wildman–Crippen LogP) is 3.12. The minimum Gasteiger partial charge on any atom is -0.465 e. The van der Waals surface area contributed by atoms with Crippen molar-refractivity contribution in [1.82, 2.24) is 0 Å². The fraction of sp³-hybridized carbons (Fsp3) is 0.750. The van der Waals surface area contributed by atoms with E-state index in [0.29, 0.717) is 6.61 Å². The smallest absolute Gasteiger partial charge is 0.324 e. The Morgan fingerprint density at radius 1 is 1.50 bits per heavy atom. The molecule has 1 rings (SSSR count). The number of carbonyl (C=O) groups is 1. The molecule has 16 heavy (non-hydrogen) atoms. The average Bonchev–Trinajstić information content (AvgIpc) is 2.52. The van der Waals surface area contributed by atoms with E-state index in [2.05, 4.69) is 20.1 Å². The van der Waals surface area contributed by atoms with Crippen LogP contribution in [0.25, 0.3) is 0 Å². The SMILES string of the molecule is CCOC(=O)[C@@]1(SC)CC(C)=C(C)[C@@H]1SC. The van der Waals surface area contributed by atoms with Gasteiger partial charge in [-0.1, -0.05) is 11.1 Å². The fourth-order valence-electron chi connectivity index (χ4n) is 2.26. The van der Waals surface area contributed by atoms with Crippen molar-refractivity contribution in [3.8, 4) is 0 Å². The lowest BCUT2D eigenvalue weighted by Crippen LogP contribution is -2.43. The Bertz CT molecular complexity index is 312. The van der Waals surface area contributed by atoms with Crippen LogP contribution < -0.4 is 0 Å². The molecule has 1 aliphatic rings. The number of ether oxygens (including phenoxy) is 1. The summed E-state index contributed by atoms with van der Waals surface area (Å²) in [5, 5.41) is 0.251. The molecule has 0 aromatic carbocycles. The minimum absolute atomic E-state index is 0.0574. The van der Waals surface area contributed by atoms with E-state index in [0.717, 1.165) is 6.42 Å². The van der Waals surface area contributed by atoms with Crippen molar-refractivity contribution >= 4 is 29.5 Å². The van der Waals surface area contributed by atoms with Crippen molar-refractivity contribution in [2.45, 2.75) is 37.2 Å². The highest BCUT2D eigenvalue weighted by atomic mass is 32.2. The standard InChI is InChI=1S/C12H20O2S2/c1-6-14-11(13)12(16-5)7-8(2)9(3)10(12)15-4/h10H,6-7H2,1-5H3/t10-,12+/m0/s1. The number of esters is 1. The molecule has 4 heteroatoms. The van der Waals surface area contributed by atoms with Crippen LogP contribution in [0, 0.1) is 0 Å². The van der Waals surface area contributed by atoms with Crippen molar-refractivity contribution < 1.29 is 9.53 Å². The summed E-state index contributed by atoms with van der Waals surface area (Å²) in [5.74, 6) is -0.0574. The summed E-state index contributed by atoms with van der Waals surface area (Å²) in [6.45, 7) is 6.58. The molecule has 0 radical (unpaired) electrons. The summed E-state index contributed by atoms with van der Waals surface area (Å²) in [6.07, 6.45) is 4.90. The van der Waals surface area contributed by atoms with E-state index >= 15 is 0 Å². The van der Waals surface area contributed by atoms with Crippen LogP contribution in [0.2, 0.25) is 0 Å². The van der Waals surface area contributed by atoms with Gasteiger partial charge in [-0.3, -0.25) is 4.79 Å². The number of carbonyl (C=O) groups excluding carboxylic acids is 1. The average molecular weight is 260 g/mol. The zero-order valence-electron chi connectivity index (χ0n) is 10.6. The molecule has 0 amide bonds. The van der Waals surface area contributed by atoms with Gasteiger partial charge in [-0.2, -0.15) is 11.8 Å². The first-order chi connectivity index (χ1) is 7.53. The molecule has 0 bridgehead atoms. The lowest BCUT2D eigenvalue weighted by atomic mass is 10.0. The molecule has 0 aliphatic heterocycles. The molecule has 2 atom stereocenters. The second kappa shape index (κ2) is 5.50. The largest absolute Gasteiger partial charge is 0.465 e. The molecule has 0 saturated heterocycles. The van der Waals surface area contributed by atoms with Crippen molar-refractivity contribution in [2.24, 2.45) is 0 Å². The highest BCUT2D eigenvalue weighted by Crippen LogP contribution is 2.49. The lowest BCUT2D eigenvalue weighted by Gasteiger charge is -2.31. The van der Waals surface area contributed by atoms with Gasteiger partial charge in [0.1, 0.15) is 4.75 Å². The van der Waals surface area contributed by atoms with E-state index in [1.165, 1.54) is 11.1 Å². The van der Waals surface area contributed by atoms with E-state index in [9.17, 15) is 4.79 Å². The number of thioether (sulfide) groups is 2. The Balaban J connectivity index is 3.03. The normalized spacial score (nSPS) is 29.7. The maximum absolute atomic E-state index is 12.2. The molecule has 0 spiro atoms. The van der Waals surface area contributed by atoms with Crippen molar-refractivity contribution in [3.05, 3.63) is 11.1 Å². The van der Waals surface area contributed by atoms with Gasteiger partial charge in [0.15, 0.2) is 0 Å². The van der Waals surface area contributed by atoms with Crippen molar-refractivity contribution in [3.63, 3.8) is 0 Å². The number of hydrogen-bond donors (Lipinski definition) is 0. The second-order valence-electron chi connectivity index (χ2n) is 4.07. The molecule has 0 fully saturated rings. The van der Waals surface area contributed by atoms with Gasteiger partial charge in [-0.15, -0.1) is 11.8 Å². The van der Waals surface area contributed by atoms with E-state index in [4.69, 9.17) is 4.74 Å². The van der Waals surface area contributed by atoms with Gasteiger partial charge < -0.3 is 4.74 Å². The topological polar surface area (TPSA) is 26.3 Å². The highest BCUT2D eigenvalue weighted by Gasteiger charge is 2.51. The Morgan fingerprint density at radius 3 is 2.56 bits per heavy atom. The molecular formula is C12H20O2S2. The van der Waals surface area contributed by atoms with Gasteiger partial charge in [-0.05, 0) is 39.7 Å². The quantitative estimate of drug-likeness (QED) is 0.573. The first-order valence-electron chi connectivity index (χ1n) is 5.44. The molecule has 0 unspecified atom stereocenters. The Hall–Kier alpha value is -0.0900. The Morgan fingerprint density at radius 2 is 2.12 bits per heavy atom. The summed E-state index contributed by atoms with van der Waals surface area (Å²) < 4.78 is 4.85. The first-order valence-corrected chi connectivity index (χ1v) is 7.96. The fourth-order valence-corrected chi connectivity index (χ4v) is 4.93. The first kappa shape index (κ1) is 14.0. The third-order valence-corrected chi connectivity index (χ3v) is 5.89. The van der Waals surface area contributed by atoms with Crippen LogP contribution >= 0.6 is 23.5 Å². The van der Waals surface area contributed by atoms with Crippen LogP contribution in [-0.4, -0.2) is 35.1 Å². The molecule has 2 nitrogen and oxygen atoms in total. The van der Waals surface area contributed by atoms with Crippen LogP contribution in [0.3, 0.4) is 0 Å². The summed E-state index contributed by atoms with van der Waals surface area (Å²) >= 11 is 3.38. The van der Waals surface area contributed by atoms with Crippen LogP contribution in [0.4, 0.5) is 0 Å². The van der Waals surface area contributed by atoms with Crippen LogP contribution in [0.15, 0.2) is 11.1 Å². The number of allylic oxidation sites excluding steroid dienone is 1. The Labute approximate surface area is 107 Å². The summed E-state index contributed by atoms with van der Waals surface area (Å²) in [6, 6.07) is 0.